The van der Waals surface area contributed by atoms with Gasteiger partial charge in [-0.25, -0.2) is 0 Å². The van der Waals surface area contributed by atoms with E-state index in [2.05, 4.69) is 6.07 Å². The predicted octanol–water partition coefficient (Wildman–Crippen LogP) is 2.29. The van der Waals surface area contributed by atoms with E-state index >= 15 is 0 Å². The second kappa shape index (κ2) is 6.09. The van der Waals surface area contributed by atoms with Gasteiger partial charge in [-0.1, -0.05) is 6.07 Å². The molecule has 0 heterocycles. The van der Waals surface area contributed by atoms with E-state index in [1.807, 2.05) is 32.9 Å². The van der Waals surface area contributed by atoms with Gasteiger partial charge in [0.15, 0.2) is 0 Å². The summed E-state index contributed by atoms with van der Waals surface area (Å²) in [6.07, 6.45) is 0. The molecule has 0 aliphatic heterocycles. The minimum Gasteiger partial charge on any atom is -0.480 e. The van der Waals surface area contributed by atoms with E-state index in [0.717, 1.165) is 11.1 Å². The number of rotatable bonds is 5. The highest BCUT2D eigenvalue weighted by Gasteiger charge is 2.32. The van der Waals surface area contributed by atoms with Crippen LogP contribution in [0.25, 0.3) is 0 Å². The van der Waals surface area contributed by atoms with Gasteiger partial charge < -0.3 is 10.8 Å². The molecule has 3 N–H and O–H groups in total. The van der Waals surface area contributed by atoms with Crippen molar-refractivity contribution in [3.63, 3.8) is 0 Å². The van der Waals surface area contributed by atoms with Crippen molar-refractivity contribution in [1.82, 2.24) is 0 Å². The molecule has 0 saturated carbocycles. The highest BCUT2D eigenvalue weighted by molar-refractivity contribution is 7.99. The molecule has 0 amide bonds. The van der Waals surface area contributed by atoms with Crippen LogP contribution in [0.3, 0.4) is 0 Å². The number of carbonyl (C=O) groups is 1. The zero-order valence-electron chi connectivity index (χ0n) is 11.3. The molecule has 1 atom stereocenters. The maximum Gasteiger partial charge on any atom is 0.321 e. The molecule has 0 aliphatic carbocycles. The maximum atomic E-state index is 10.9. The van der Waals surface area contributed by atoms with Crippen LogP contribution in [0.15, 0.2) is 18.2 Å². The summed E-state index contributed by atoms with van der Waals surface area (Å²) in [6.45, 7) is 5.60. The van der Waals surface area contributed by atoms with E-state index in [0.29, 0.717) is 11.3 Å². The first-order valence-corrected chi connectivity index (χ1v) is 6.88. The summed E-state index contributed by atoms with van der Waals surface area (Å²) in [5, 5.41) is 17.8. The van der Waals surface area contributed by atoms with E-state index < -0.39 is 16.8 Å². The van der Waals surface area contributed by atoms with Crippen LogP contribution in [0.5, 0.6) is 0 Å². The van der Waals surface area contributed by atoms with Crippen LogP contribution in [0, 0.1) is 18.3 Å². The molecule has 102 valence electrons. The fourth-order valence-electron chi connectivity index (χ4n) is 1.58. The lowest BCUT2D eigenvalue weighted by Crippen LogP contribution is -2.46. The Hall–Kier alpha value is -1.51. The van der Waals surface area contributed by atoms with Crippen molar-refractivity contribution in [2.75, 3.05) is 0 Å². The highest BCUT2D eigenvalue weighted by atomic mass is 32.2. The molecule has 0 unspecified atom stereocenters. The van der Waals surface area contributed by atoms with Crippen LogP contribution < -0.4 is 5.73 Å². The summed E-state index contributed by atoms with van der Waals surface area (Å²) in [7, 11) is 0. The SMILES string of the molecule is Cc1cc(C#N)ccc1CSC(C)(C)[C@@H](N)C(=O)O. The predicted molar refractivity (Wildman–Crippen MR) is 76.9 cm³/mol. The summed E-state index contributed by atoms with van der Waals surface area (Å²) in [5.41, 5.74) is 8.44. The monoisotopic (exact) mass is 278 g/mol. The molecular weight excluding hydrogens is 260 g/mol. The van der Waals surface area contributed by atoms with Crippen LogP contribution in [-0.4, -0.2) is 21.9 Å². The number of nitriles is 1. The van der Waals surface area contributed by atoms with E-state index in [1.54, 1.807) is 6.07 Å². The Morgan fingerprint density at radius 3 is 2.68 bits per heavy atom. The number of aliphatic carboxylic acids is 1. The van der Waals surface area contributed by atoms with E-state index in [4.69, 9.17) is 16.1 Å². The second-order valence-corrected chi connectivity index (χ2v) is 6.59. The van der Waals surface area contributed by atoms with Crippen LogP contribution in [-0.2, 0) is 10.5 Å². The molecule has 0 aromatic heterocycles. The van der Waals surface area contributed by atoms with Gasteiger partial charge in [0.25, 0.3) is 0 Å². The van der Waals surface area contributed by atoms with Crippen LogP contribution in [0.2, 0.25) is 0 Å². The summed E-state index contributed by atoms with van der Waals surface area (Å²) < 4.78 is -0.549. The van der Waals surface area contributed by atoms with Crippen molar-refractivity contribution in [3.05, 3.63) is 34.9 Å². The standard InChI is InChI=1S/C14H18N2O2S/c1-9-6-10(7-15)4-5-11(9)8-19-14(2,3)12(16)13(17)18/h4-6,12H,8,16H2,1-3H3,(H,17,18)/t12-/m0/s1. The fourth-order valence-corrected chi connectivity index (χ4v) is 2.71. The number of hydrogen-bond donors (Lipinski definition) is 2. The van der Waals surface area contributed by atoms with Crippen LogP contribution in [0.1, 0.15) is 30.5 Å². The third-order valence-electron chi connectivity index (χ3n) is 3.09. The van der Waals surface area contributed by atoms with E-state index in [-0.39, 0.29) is 0 Å². The number of carboxylic acids is 1. The van der Waals surface area contributed by atoms with Crippen molar-refractivity contribution in [1.29, 1.82) is 5.26 Å². The molecule has 19 heavy (non-hydrogen) atoms. The Morgan fingerprint density at radius 1 is 1.58 bits per heavy atom. The van der Waals surface area contributed by atoms with Crippen molar-refractivity contribution < 1.29 is 9.90 Å². The Labute approximate surface area is 117 Å². The number of thioether (sulfide) groups is 1. The first-order valence-electron chi connectivity index (χ1n) is 5.90. The molecule has 1 rings (SSSR count). The first kappa shape index (κ1) is 15.5. The Kier molecular flexibility index (Phi) is 4.98. The van der Waals surface area contributed by atoms with Crippen LogP contribution >= 0.6 is 11.8 Å². The summed E-state index contributed by atoms with van der Waals surface area (Å²) >= 11 is 1.51. The van der Waals surface area contributed by atoms with Gasteiger partial charge in [0.1, 0.15) is 6.04 Å². The molecular formula is C14H18N2O2S. The number of hydrogen-bond acceptors (Lipinski definition) is 4. The molecule has 0 aliphatic rings. The van der Waals surface area contributed by atoms with Crippen molar-refractivity contribution in [2.45, 2.75) is 37.3 Å². The molecule has 1 aromatic carbocycles. The summed E-state index contributed by atoms with van der Waals surface area (Å²) in [5.74, 6) is -0.319. The van der Waals surface area contributed by atoms with Gasteiger partial charge in [0.2, 0.25) is 0 Å². The number of carboxylic acid groups (broad SMARTS) is 1. The Bertz CT molecular complexity index is 521. The number of aryl methyl sites for hydroxylation is 1. The van der Waals surface area contributed by atoms with Gasteiger partial charge in [-0.05, 0) is 44.0 Å². The molecule has 1 aromatic rings. The van der Waals surface area contributed by atoms with Gasteiger partial charge in [0.05, 0.1) is 11.6 Å². The molecule has 0 saturated heterocycles. The average Bonchev–Trinajstić information content (AvgIpc) is 2.36. The molecule has 4 nitrogen and oxygen atoms in total. The Balaban J connectivity index is 2.77. The van der Waals surface area contributed by atoms with Gasteiger partial charge in [-0.15, -0.1) is 11.8 Å². The minimum absolute atomic E-state index is 0.549. The average molecular weight is 278 g/mol. The van der Waals surface area contributed by atoms with E-state index in [9.17, 15) is 4.79 Å². The van der Waals surface area contributed by atoms with Gasteiger partial charge in [-0.3, -0.25) is 4.79 Å². The number of nitrogens with two attached hydrogens (primary N) is 1. The zero-order valence-corrected chi connectivity index (χ0v) is 12.1. The first-order chi connectivity index (χ1) is 8.77. The van der Waals surface area contributed by atoms with Crippen molar-refractivity contribution >= 4 is 17.7 Å². The highest BCUT2D eigenvalue weighted by Crippen LogP contribution is 2.31. The molecule has 0 radical (unpaired) electrons. The molecule has 0 bridgehead atoms. The normalized spacial score (nSPS) is 12.8. The van der Waals surface area contributed by atoms with Gasteiger partial charge in [-0.2, -0.15) is 5.26 Å². The van der Waals surface area contributed by atoms with Crippen LogP contribution in [0.4, 0.5) is 0 Å². The maximum absolute atomic E-state index is 10.9. The minimum atomic E-state index is -0.992. The summed E-state index contributed by atoms with van der Waals surface area (Å²) in [6, 6.07) is 6.70. The lowest BCUT2D eigenvalue weighted by Gasteiger charge is -2.28. The quantitative estimate of drug-likeness (QED) is 0.863. The largest absolute Gasteiger partial charge is 0.480 e. The number of nitrogens with zero attached hydrogens (tertiary/aromatic N) is 1. The van der Waals surface area contributed by atoms with Gasteiger partial charge >= 0.3 is 5.97 Å². The molecule has 0 fully saturated rings. The van der Waals surface area contributed by atoms with Crippen molar-refractivity contribution in [2.24, 2.45) is 5.73 Å². The van der Waals surface area contributed by atoms with Crippen molar-refractivity contribution in [3.8, 4) is 6.07 Å². The fraction of sp³-hybridized carbons (Fsp3) is 0.429. The molecule has 0 spiro atoms. The van der Waals surface area contributed by atoms with E-state index in [1.165, 1.54) is 11.8 Å². The lowest BCUT2D eigenvalue weighted by molar-refractivity contribution is -0.139. The number of benzene rings is 1. The van der Waals surface area contributed by atoms with Gasteiger partial charge in [0, 0.05) is 10.5 Å². The second-order valence-electron chi connectivity index (χ2n) is 4.96. The third kappa shape index (κ3) is 3.98. The smallest absolute Gasteiger partial charge is 0.321 e. The third-order valence-corrected chi connectivity index (χ3v) is 4.54. The zero-order chi connectivity index (χ0) is 14.6. The molecule has 5 heteroatoms. The topological polar surface area (TPSA) is 87.1 Å². The lowest BCUT2D eigenvalue weighted by atomic mass is 10.1. The Morgan fingerprint density at radius 2 is 2.21 bits per heavy atom. The summed E-state index contributed by atoms with van der Waals surface area (Å²) in [4.78, 5) is 10.9.